The summed E-state index contributed by atoms with van der Waals surface area (Å²) in [5, 5.41) is 8.94. The maximum atomic E-state index is 8.94. The van der Waals surface area contributed by atoms with Gasteiger partial charge in [0.1, 0.15) is 17.7 Å². The van der Waals surface area contributed by atoms with Gasteiger partial charge in [0.05, 0.1) is 12.1 Å². The Morgan fingerprint density at radius 1 is 1.15 bits per heavy atom. The highest BCUT2D eigenvalue weighted by molar-refractivity contribution is 5.42. The summed E-state index contributed by atoms with van der Waals surface area (Å²) in [6.07, 6.45) is 11.5. The Hall–Kier alpha value is -3.20. The second-order valence-corrected chi connectivity index (χ2v) is 6.58. The van der Waals surface area contributed by atoms with Gasteiger partial charge in [0.25, 0.3) is 0 Å². The summed E-state index contributed by atoms with van der Waals surface area (Å²) in [7, 11) is 0. The molecule has 1 saturated heterocycles. The summed E-state index contributed by atoms with van der Waals surface area (Å²) in [6.45, 7) is 2.66. The Morgan fingerprint density at radius 3 is 2.88 bits per heavy atom. The van der Waals surface area contributed by atoms with Crippen molar-refractivity contribution in [1.82, 2.24) is 19.5 Å². The van der Waals surface area contributed by atoms with Gasteiger partial charge in [-0.1, -0.05) is 6.07 Å². The zero-order valence-electron chi connectivity index (χ0n) is 14.5. The molecule has 4 rings (SSSR count). The van der Waals surface area contributed by atoms with Gasteiger partial charge in [0.2, 0.25) is 0 Å². The Kier molecular flexibility index (Phi) is 4.61. The zero-order valence-corrected chi connectivity index (χ0v) is 14.5. The van der Waals surface area contributed by atoms with Crippen molar-refractivity contribution in [3.8, 4) is 6.07 Å². The summed E-state index contributed by atoms with van der Waals surface area (Å²) in [6, 6.07) is 9.93. The molecule has 1 aliphatic heterocycles. The molecule has 0 amide bonds. The first kappa shape index (κ1) is 16.3. The molecule has 0 saturated carbocycles. The molecule has 4 heterocycles. The zero-order chi connectivity index (χ0) is 17.8. The average Bonchev–Trinajstić information content (AvgIpc) is 3.17. The Balaban J connectivity index is 1.51. The van der Waals surface area contributed by atoms with Crippen LogP contribution in [-0.2, 0) is 6.54 Å². The highest BCUT2D eigenvalue weighted by atomic mass is 15.2. The van der Waals surface area contributed by atoms with E-state index < -0.39 is 0 Å². The van der Waals surface area contributed by atoms with Crippen molar-refractivity contribution in [3.63, 3.8) is 0 Å². The van der Waals surface area contributed by atoms with Gasteiger partial charge in [-0.2, -0.15) is 5.26 Å². The number of rotatable bonds is 4. The van der Waals surface area contributed by atoms with E-state index in [9.17, 15) is 0 Å². The lowest BCUT2D eigenvalue weighted by Gasteiger charge is -2.33. The number of hydrogen-bond acceptors (Lipinski definition) is 5. The Labute approximate surface area is 152 Å². The summed E-state index contributed by atoms with van der Waals surface area (Å²) < 4.78 is 2.22. The van der Waals surface area contributed by atoms with Gasteiger partial charge in [0.15, 0.2) is 0 Å². The van der Waals surface area contributed by atoms with Crippen LogP contribution in [0.5, 0.6) is 0 Å². The van der Waals surface area contributed by atoms with Crippen molar-refractivity contribution >= 4 is 5.82 Å². The number of hydrogen-bond donors (Lipinski definition) is 0. The van der Waals surface area contributed by atoms with E-state index in [0.717, 1.165) is 44.1 Å². The van der Waals surface area contributed by atoms with Crippen molar-refractivity contribution in [2.24, 2.45) is 0 Å². The minimum absolute atomic E-state index is 0.368. The fraction of sp³-hybridized carbons (Fsp3) is 0.300. The predicted octanol–water partition coefficient (Wildman–Crippen LogP) is 2.98. The molecule has 0 bridgehead atoms. The van der Waals surface area contributed by atoms with Crippen LogP contribution < -0.4 is 4.90 Å². The molecule has 1 aliphatic rings. The van der Waals surface area contributed by atoms with Crippen molar-refractivity contribution in [2.45, 2.75) is 25.3 Å². The molecule has 0 spiro atoms. The van der Waals surface area contributed by atoms with Gasteiger partial charge < -0.3 is 9.47 Å². The third kappa shape index (κ3) is 3.42. The molecule has 130 valence electrons. The number of piperidine rings is 1. The van der Waals surface area contributed by atoms with Gasteiger partial charge in [-0.15, -0.1) is 0 Å². The lowest BCUT2D eigenvalue weighted by Crippen LogP contribution is -2.36. The SMILES string of the molecule is N#Cc1ccc(N2CCCC(c3nccn3Cc3cccnc3)C2)nc1. The quantitative estimate of drug-likeness (QED) is 0.728. The van der Waals surface area contributed by atoms with Gasteiger partial charge >= 0.3 is 0 Å². The lowest BCUT2D eigenvalue weighted by molar-refractivity contribution is 0.474. The normalized spacial score (nSPS) is 17.0. The van der Waals surface area contributed by atoms with Crippen LogP contribution in [0.15, 0.2) is 55.2 Å². The van der Waals surface area contributed by atoms with E-state index in [0.29, 0.717) is 11.5 Å². The van der Waals surface area contributed by atoms with Crippen LogP contribution in [0.25, 0.3) is 0 Å². The summed E-state index contributed by atoms with van der Waals surface area (Å²) in [5.41, 5.74) is 1.77. The summed E-state index contributed by atoms with van der Waals surface area (Å²) in [5.74, 6) is 2.42. The molecule has 1 atom stereocenters. The van der Waals surface area contributed by atoms with Crippen LogP contribution in [0.1, 0.15) is 35.7 Å². The molecule has 26 heavy (non-hydrogen) atoms. The van der Waals surface area contributed by atoms with Crippen LogP contribution in [0.3, 0.4) is 0 Å². The minimum atomic E-state index is 0.368. The van der Waals surface area contributed by atoms with Crippen molar-refractivity contribution in [2.75, 3.05) is 18.0 Å². The topological polar surface area (TPSA) is 70.6 Å². The van der Waals surface area contributed by atoms with E-state index in [2.05, 4.69) is 36.6 Å². The number of nitriles is 1. The van der Waals surface area contributed by atoms with Gasteiger partial charge in [-0.05, 0) is 36.6 Å². The highest BCUT2D eigenvalue weighted by Gasteiger charge is 2.25. The van der Waals surface area contributed by atoms with E-state index in [1.54, 1.807) is 12.4 Å². The van der Waals surface area contributed by atoms with Crippen molar-refractivity contribution < 1.29 is 0 Å². The van der Waals surface area contributed by atoms with Crippen molar-refractivity contribution in [3.05, 3.63) is 72.2 Å². The average molecular weight is 344 g/mol. The molecular formula is C20H20N6. The summed E-state index contributed by atoms with van der Waals surface area (Å²) in [4.78, 5) is 15.6. The molecule has 0 aromatic carbocycles. The van der Waals surface area contributed by atoms with E-state index in [1.165, 1.54) is 5.56 Å². The number of anilines is 1. The molecule has 0 N–H and O–H groups in total. The molecule has 3 aromatic heterocycles. The van der Waals surface area contributed by atoms with Crippen LogP contribution in [0, 0.1) is 11.3 Å². The Bertz CT molecular complexity index is 894. The molecule has 6 heteroatoms. The largest absolute Gasteiger partial charge is 0.356 e. The number of aromatic nitrogens is 4. The number of imidazole rings is 1. The molecule has 1 unspecified atom stereocenters. The van der Waals surface area contributed by atoms with Gasteiger partial charge in [-0.3, -0.25) is 4.98 Å². The smallest absolute Gasteiger partial charge is 0.128 e. The second-order valence-electron chi connectivity index (χ2n) is 6.58. The predicted molar refractivity (Wildman–Crippen MR) is 98.7 cm³/mol. The molecule has 0 aliphatic carbocycles. The minimum Gasteiger partial charge on any atom is -0.356 e. The van der Waals surface area contributed by atoms with Gasteiger partial charge in [-0.25, -0.2) is 9.97 Å². The van der Waals surface area contributed by atoms with Crippen LogP contribution in [0.4, 0.5) is 5.82 Å². The van der Waals surface area contributed by atoms with E-state index >= 15 is 0 Å². The lowest BCUT2D eigenvalue weighted by atomic mass is 9.97. The standard InChI is InChI=1S/C20H20N6/c21-11-16-5-6-19(24-13-16)25-9-2-4-18(15-25)20-23-8-10-26(20)14-17-3-1-7-22-12-17/h1,3,5-8,10,12-13,18H,2,4,9,14-15H2. The van der Waals surface area contributed by atoms with E-state index in [-0.39, 0.29) is 0 Å². The van der Waals surface area contributed by atoms with E-state index in [4.69, 9.17) is 5.26 Å². The van der Waals surface area contributed by atoms with Crippen LogP contribution >= 0.6 is 0 Å². The van der Waals surface area contributed by atoms with Crippen LogP contribution in [-0.4, -0.2) is 32.6 Å². The Morgan fingerprint density at radius 2 is 2.12 bits per heavy atom. The maximum Gasteiger partial charge on any atom is 0.128 e. The van der Waals surface area contributed by atoms with Crippen LogP contribution in [0.2, 0.25) is 0 Å². The third-order valence-electron chi connectivity index (χ3n) is 4.81. The fourth-order valence-corrected chi connectivity index (χ4v) is 3.54. The molecule has 6 nitrogen and oxygen atoms in total. The molecular weight excluding hydrogens is 324 g/mol. The monoisotopic (exact) mass is 344 g/mol. The fourth-order valence-electron chi connectivity index (χ4n) is 3.54. The highest BCUT2D eigenvalue weighted by Crippen LogP contribution is 2.28. The number of nitrogens with zero attached hydrogens (tertiary/aromatic N) is 6. The number of pyridine rings is 2. The maximum absolute atomic E-state index is 8.94. The first-order chi connectivity index (χ1) is 12.8. The first-order valence-electron chi connectivity index (χ1n) is 8.84. The molecule has 3 aromatic rings. The first-order valence-corrected chi connectivity index (χ1v) is 8.84. The van der Waals surface area contributed by atoms with E-state index in [1.807, 2.05) is 36.8 Å². The third-order valence-corrected chi connectivity index (χ3v) is 4.81. The van der Waals surface area contributed by atoms with Crippen molar-refractivity contribution in [1.29, 1.82) is 5.26 Å². The van der Waals surface area contributed by atoms with Gasteiger partial charge in [0, 0.05) is 50.0 Å². The summed E-state index contributed by atoms with van der Waals surface area (Å²) >= 11 is 0. The molecule has 0 radical (unpaired) electrons. The second kappa shape index (κ2) is 7.36. The molecule has 1 fully saturated rings.